The lowest BCUT2D eigenvalue weighted by Crippen LogP contribution is -1.84. The summed E-state index contributed by atoms with van der Waals surface area (Å²) < 4.78 is 13.3. The molecule has 1 aromatic carbocycles. The highest BCUT2D eigenvalue weighted by atomic mass is 32.2. The number of hydrogen-bond acceptors (Lipinski definition) is 3. The predicted molar refractivity (Wildman–Crippen MR) is 68.7 cm³/mol. The van der Waals surface area contributed by atoms with E-state index in [1.807, 2.05) is 33.1 Å². The van der Waals surface area contributed by atoms with Gasteiger partial charge in [-0.3, -0.25) is 0 Å². The number of rotatable bonds is 1. The van der Waals surface area contributed by atoms with Crippen molar-refractivity contribution < 1.29 is 4.39 Å². The van der Waals surface area contributed by atoms with Crippen molar-refractivity contribution in [2.24, 2.45) is 4.99 Å². The quantitative estimate of drug-likeness (QED) is 0.544. The lowest BCUT2D eigenvalue weighted by atomic mass is 10.2. The maximum absolute atomic E-state index is 13.3. The van der Waals surface area contributed by atoms with Gasteiger partial charge in [-0.05, 0) is 31.4 Å². The third-order valence-electron chi connectivity index (χ3n) is 1.65. The normalized spacial score (nSPS) is 10.1. The predicted octanol–water partition coefficient (Wildman–Crippen LogP) is 4.14. The first kappa shape index (κ1) is 14.7. The number of hydrogen-bond donors (Lipinski definition) is 0. The largest absolute Gasteiger partial charge is 0.244 e. The van der Waals surface area contributed by atoms with Crippen molar-refractivity contribution in [3.8, 4) is 6.07 Å². The van der Waals surface area contributed by atoms with E-state index in [9.17, 15) is 4.39 Å². The van der Waals surface area contributed by atoms with Crippen LogP contribution < -0.4 is 0 Å². The molecule has 0 N–H and O–H groups in total. The minimum atomic E-state index is -0.461. The van der Waals surface area contributed by atoms with Crippen molar-refractivity contribution in [2.75, 3.05) is 6.26 Å². The Hall–Kier alpha value is -1.34. The summed E-state index contributed by atoms with van der Waals surface area (Å²) >= 11 is 1.46. The number of thioether (sulfide) groups is 1. The van der Waals surface area contributed by atoms with E-state index in [0.717, 1.165) is 5.04 Å². The second kappa shape index (κ2) is 7.89. The van der Waals surface area contributed by atoms with Crippen molar-refractivity contribution in [1.82, 2.24) is 0 Å². The fourth-order valence-electron chi connectivity index (χ4n) is 0.882. The molecule has 4 heteroatoms. The molecule has 0 heterocycles. The maximum Gasteiger partial charge on any atom is 0.150 e. The molecule has 0 saturated heterocycles. The Morgan fingerprint density at radius 2 is 2.06 bits per heavy atom. The van der Waals surface area contributed by atoms with Crippen molar-refractivity contribution in [3.05, 3.63) is 29.6 Å². The van der Waals surface area contributed by atoms with E-state index in [1.165, 1.54) is 23.9 Å². The minimum absolute atomic E-state index is 0.274. The first-order valence-electron chi connectivity index (χ1n) is 4.96. The number of nitriles is 1. The van der Waals surface area contributed by atoms with Crippen LogP contribution in [0.4, 0.5) is 10.1 Å². The first-order chi connectivity index (χ1) is 7.67. The van der Waals surface area contributed by atoms with E-state index in [-0.39, 0.29) is 5.69 Å². The molecule has 0 saturated carbocycles. The molecular weight excluding hydrogens is 223 g/mol. The van der Waals surface area contributed by atoms with Crippen LogP contribution in [-0.2, 0) is 0 Å². The van der Waals surface area contributed by atoms with Crippen molar-refractivity contribution in [2.45, 2.75) is 20.8 Å². The van der Waals surface area contributed by atoms with Gasteiger partial charge in [-0.2, -0.15) is 5.26 Å². The summed E-state index contributed by atoms with van der Waals surface area (Å²) in [6.45, 7) is 5.81. The van der Waals surface area contributed by atoms with E-state index in [0.29, 0.717) is 5.56 Å². The summed E-state index contributed by atoms with van der Waals surface area (Å²) in [7, 11) is 0. The number of aliphatic imine (C=N–C) groups is 1. The smallest absolute Gasteiger partial charge is 0.150 e. The Morgan fingerprint density at radius 3 is 2.50 bits per heavy atom. The van der Waals surface area contributed by atoms with Gasteiger partial charge in [0.1, 0.15) is 5.82 Å². The molecule has 0 unspecified atom stereocenters. The van der Waals surface area contributed by atoms with Gasteiger partial charge in [-0.25, -0.2) is 9.38 Å². The van der Waals surface area contributed by atoms with Crippen LogP contribution in [0.1, 0.15) is 26.3 Å². The van der Waals surface area contributed by atoms with Gasteiger partial charge in [0, 0.05) is 0 Å². The Morgan fingerprint density at radius 1 is 1.44 bits per heavy atom. The van der Waals surface area contributed by atoms with E-state index in [1.54, 1.807) is 6.07 Å². The summed E-state index contributed by atoms with van der Waals surface area (Å²) in [4.78, 5) is 4.05. The molecule has 1 aromatic rings. The van der Waals surface area contributed by atoms with E-state index in [2.05, 4.69) is 4.99 Å². The lowest BCUT2D eigenvalue weighted by molar-refractivity contribution is 0.629. The molecule has 1 rings (SSSR count). The van der Waals surface area contributed by atoms with Crippen molar-refractivity contribution >= 4 is 22.5 Å². The third kappa shape index (κ3) is 4.45. The number of benzene rings is 1. The van der Waals surface area contributed by atoms with Gasteiger partial charge in [-0.1, -0.05) is 13.8 Å². The summed E-state index contributed by atoms with van der Waals surface area (Å²) in [5, 5.41) is 9.31. The van der Waals surface area contributed by atoms with Crippen LogP contribution in [0, 0.1) is 17.1 Å². The fraction of sp³-hybridized carbons (Fsp3) is 0.333. The summed E-state index contributed by atoms with van der Waals surface area (Å²) in [6, 6.07) is 6.11. The molecule has 0 bridgehead atoms. The molecule has 16 heavy (non-hydrogen) atoms. The highest BCUT2D eigenvalue weighted by molar-refractivity contribution is 8.13. The van der Waals surface area contributed by atoms with Crippen molar-refractivity contribution in [3.63, 3.8) is 0 Å². The van der Waals surface area contributed by atoms with Crippen molar-refractivity contribution in [1.29, 1.82) is 5.26 Å². The summed E-state index contributed by atoms with van der Waals surface area (Å²) in [5.74, 6) is -0.461. The molecular formula is C12H15FN2S. The molecule has 0 aromatic heterocycles. The Bertz CT molecular complexity index is 408. The molecule has 0 aliphatic heterocycles. The number of halogens is 1. The molecule has 0 fully saturated rings. The Labute approximate surface area is 100 Å². The number of nitrogens with zero attached hydrogens (tertiary/aromatic N) is 2. The van der Waals surface area contributed by atoms with Gasteiger partial charge < -0.3 is 0 Å². The zero-order valence-electron chi connectivity index (χ0n) is 9.91. The third-order valence-corrected chi connectivity index (χ3v) is 2.33. The molecule has 0 atom stereocenters. The molecule has 0 amide bonds. The van der Waals surface area contributed by atoms with Gasteiger partial charge >= 0.3 is 0 Å². The second-order valence-electron chi connectivity index (χ2n) is 2.61. The van der Waals surface area contributed by atoms with Crippen LogP contribution >= 0.6 is 11.8 Å². The average molecular weight is 238 g/mol. The van der Waals surface area contributed by atoms with Gasteiger partial charge in [0.25, 0.3) is 0 Å². The summed E-state index contributed by atoms with van der Waals surface area (Å²) in [6.07, 6.45) is 1.88. The Kier molecular flexibility index (Phi) is 7.23. The standard InChI is InChI=1S/C10H9FN2S.C2H6/c1-7(14-2)13-10-4-3-8(6-12)5-9(10)11;1-2/h3-5H,1-2H3;1-2H3. The van der Waals surface area contributed by atoms with Gasteiger partial charge in [0.2, 0.25) is 0 Å². The monoisotopic (exact) mass is 238 g/mol. The molecule has 0 aliphatic carbocycles. The van der Waals surface area contributed by atoms with Crippen LogP contribution in [0.25, 0.3) is 0 Å². The first-order valence-corrected chi connectivity index (χ1v) is 6.18. The lowest BCUT2D eigenvalue weighted by Gasteiger charge is -1.98. The fourth-order valence-corrected chi connectivity index (χ4v) is 1.07. The van der Waals surface area contributed by atoms with Gasteiger partial charge in [0.05, 0.1) is 22.4 Å². The molecule has 2 nitrogen and oxygen atoms in total. The van der Waals surface area contributed by atoms with E-state index in [4.69, 9.17) is 5.26 Å². The SMILES string of the molecule is CC.CSC(C)=Nc1ccc(C#N)cc1F. The van der Waals surface area contributed by atoms with Crippen LogP contribution in [0.5, 0.6) is 0 Å². The highest BCUT2D eigenvalue weighted by Crippen LogP contribution is 2.20. The molecule has 0 spiro atoms. The second-order valence-corrected chi connectivity index (χ2v) is 3.61. The van der Waals surface area contributed by atoms with Gasteiger partial charge in [0.15, 0.2) is 0 Å². The molecule has 86 valence electrons. The van der Waals surface area contributed by atoms with Gasteiger partial charge in [-0.15, -0.1) is 11.8 Å². The van der Waals surface area contributed by atoms with E-state index < -0.39 is 5.82 Å². The molecule has 0 aliphatic rings. The highest BCUT2D eigenvalue weighted by Gasteiger charge is 2.02. The topological polar surface area (TPSA) is 36.1 Å². The van der Waals surface area contributed by atoms with Crippen LogP contribution in [-0.4, -0.2) is 11.3 Å². The zero-order chi connectivity index (χ0) is 12.6. The average Bonchev–Trinajstić information content (AvgIpc) is 2.34. The zero-order valence-corrected chi connectivity index (χ0v) is 10.7. The van der Waals surface area contributed by atoms with Crippen LogP contribution in [0.3, 0.4) is 0 Å². The summed E-state index contributed by atoms with van der Waals surface area (Å²) in [5.41, 5.74) is 0.583. The van der Waals surface area contributed by atoms with Crippen LogP contribution in [0.2, 0.25) is 0 Å². The molecule has 0 radical (unpaired) electrons. The van der Waals surface area contributed by atoms with E-state index >= 15 is 0 Å². The van der Waals surface area contributed by atoms with Crippen LogP contribution in [0.15, 0.2) is 23.2 Å². The minimum Gasteiger partial charge on any atom is -0.244 e. The maximum atomic E-state index is 13.3. The Balaban J connectivity index is 0.00000106.